The lowest BCUT2D eigenvalue weighted by atomic mass is 10.0. The molecule has 0 saturated heterocycles. The van der Waals surface area contributed by atoms with Gasteiger partial charge >= 0.3 is 0 Å². The van der Waals surface area contributed by atoms with E-state index < -0.39 is 9.84 Å². The number of fused-ring (bicyclic) bond motifs is 1. The van der Waals surface area contributed by atoms with Crippen LogP contribution in [0.1, 0.15) is 17.5 Å². The molecule has 0 fully saturated rings. The third kappa shape index (κ3) is 3.34. The molecular formula is C18H20O4S. The minimum absolute atomic E-state index is 0.0203. The van der Waals surface area contributed by atoms with Gasteiger partial charge in [-0.25, -0.2) is 8.42 Å². The van der Waals surface area contributed by atoms with Crippen molar-refractivity contribution in [3.63, 3.8) is 0 Å². The Morgan fingerprint density at radius 2 is 1.91 bits per heavy atom. The smallest absolute Gasteiger partial charge is 0.182 e. The first kappa shape index (κ1) is 15.9. The lowest BCUT2D eigenvalue weighted by molar-refractivity contribution is 0.185. The average molecular weight is 332 g/mol. The Balaban J connectivity index is 1.80. The van der Waals surface area contributed by atoms with Crippen LogP contribution in [0.15, 0.2) is 47.4 Å². The summed E-state index contributed by atoms with van der Waals surface area (Å²) in [5.41, 5.74) is 2.10. The molecular weight excluding hydrogens is 312 g/mol. The fourth-order valence-corrected chi connectivity index (χ4v) is 4.27. The van der Waals surface area contributed by atoms with E-state index in [1.165, 1.54) is 0 Å². The van der Waals surface area contributed by atoms with Crippen molar-refractivity contribution >= 4 is 9.84 Å². The van der Waals surface area contributed by atoms with Gasteiger partial charge in [0.25, 0.3) is 0 Å². The molecule has 2 aromatic carbocycles. The molecule has 1 aliphatic rings. The molecule has 0 amide bonds. The van der Waals surface area contributed by atoms with Crippen LogP contribution in [0, 0.1) is 6.92 Å². The molecule has 0 aromatic heterocycles. The van der Waals surface area contributed by atoms with Crippen LogP contribution in [0.25, 0.3) is 0 Å². The largest absolute Gasteiger partial charge is 0.493 e. The van der Waals surface area contributed by atoms with Crippen LogP contribution >= 0.6 is 0 Å². The van der Waals surface area contributed by atoms with Gasteiger partial charge in [0, 0.05) is 0 Å². The zero-order valence-electron chi connectivity index (χ0n) is 13.3. The van der Waals surface area contributed by atoms with Crippen LogP contribution in [0.3, 0.4) is 0 Å². The molecule has 5 heteroatoms. The molecule has 3 rings (SSSR count). The number of sulfone groups is 1. The van der Waals surface area contributed by atoms with E-state index in [0.29, 0.717) is 22.8 Å². The van der Waals surface area contributed by atoms with Crippen LogP contribution in [0.4, 0.5) is 0 Å². The molecule has 0 N–H and O–H groups in total. The molecule has 0 aliphatic carbocycles. The summed E-state index contributed by atoms with van der Waals surface area (Å²) in [4.78, 5) is 0.345. The van der Waals surface area contributed by atoms with Gasteiger partial charge in [0.15, 0.2) is 21.3 Å². The summed E-state index contributed by atoms with van der Waals surface area (Å²) in [6.45, 7) is 1.93. The number of ether oxygens (including phenoxy) is 2. The molecule has 2 aromatic rings. The third-order valence-corrected chi connectivity index (χ3v) is 5.89. The topological polar surface area (TPSA) is 52.6 Å². The summed E-state index contributed by atoms with van der Waals surface area (Å²) < 4.78 is 36.4. The first-order valence-electron chi connectivity index (χ1n) is 7.61. The van der Waals surface area contributed by atoms with E-state index in [2.05, 4.69) is 0 Å². The van der Waals surface area contributed by atoms with Crippen molar-refractivity contribution in [1.82, 2.24) is 0 Å². The summed E-state index contributed by atoms with van der Waals surface area (Å²) >= 11 is 0. The highest BCUT2D eigenvalue weighted by Gasteiger charge is 2.28. The maximum Gasteiger partial charge on any atom is 0.182 e. The third-order valence-electron chi connectivity index (χ3n) is 4.09. The second kappa shape index (κ2) is 6.24. The maximum atomic E-state index is 12.6. The Morgan fingerprint density at radius 3 is 2.61 bits per heavy atom. The van der Waals surface area contributed by atoms with Crippen molar-refractivity contribution in [2.24, 2.45) is 0 Å². The molecule has 122 valence electrons. The number of hydrogen-bond acceptors (Lipinski definition) is 4. The van der Waals surface area contributed by atoms with E-state index >= 15 is 0 Å². The molecule has 4 nitrogen and oxygen atoms in total. The summed E-state index contributed by atoms with van der Waals surface area (Å²) in [6, 6.07) is 12.7. The van der Waals surface area contributed by atoms with Gasteiger partial charge in [-0.1, -0.05) is 29.8 Å². The predicted octanol–water partition coefficient (Wildman–Crippen LogP) is 3.17. The zero-order valence-corrected chi connectivity index (χ0v) is 14.1. The van der Waals surface area contributed by atoms with Crippen LogP contribution in [0.2, 0.25) is 0 Å². The number of methoxy groups -OCH3 is 1. The monoisotopic (exact) mass is 332 g/mol. The first-order valence-corrected chi connectivity index (χ1v) is 9.27. The molecule has 1 heterocycles. The highest BCUT2D eigenvalue weighted by Crippen LogP contribution is 2.36. The van der Waals surface area contributed by atoms with Gasteiger partial charge in [-0.15, -0.1) is 0 Å². The first-order chi connectivity index (χ1) is 11.0. The highest BCUT2D eigenvalue weighted by molar-refractivity contribution is 7.91. The van der Waals surface area contributed by atoms with Crippen molar-refractivity contribution in [3.8, 4) is 11.5 Å². The average Bonchev–Trinajstić information content (AvgIpc) is 2.54. The van der Waals surface area contributed by atoms with Gasteiger partial charge in [-0.05, 0) is 43.5 Å². The molecule has 23 heavy (non-hydrogen) atoms. The van der Waals surface area contributed by atoms with E-state index in [1.54, 1.807) is 19.2 Å². The predicted molar refractivity (Wildman–Crippen MR) is 89.0 cm³/mol. The van der Waals surface area contributed by atoms with Crippen LogP contribution in [-0.2, 0) is 16.3 Å². The molecule has 1 aliphatic heterocycles. The van der Waals surface area contributed by atoms with Crippen molar-refractivity contribution in [2.45, 2.75) is 30.8 Å². The summed E-state index contributed by atoms with van der Waals surface area (Å²) in [6.07, 6.45) is 1.12. The van der Waals surface area contributed by atoms with Crippen LogP contribution in [0.5, 0.6) is 11.5 Å². The molecule has 1 atom stereocenters. The van der Waals surface area contributed by atoms with Gasteiger partial charge < -0.3 is 9.47 Å². The van der Waals surface area contributed by atoms with Gasteiger partial charge in [0.2, 0.25) is 0 Å². The van der Waals surface area contributed by atoms with E-state index in [-0.39, 0.29) is 11.9 Å². The van der Waals surface area contributed by atoms with Crippen LogP contribution in [-0.4, -0.2) is 27.4 Å². The van der Waals surface area contributed by atoms with Crippen LogP contribution < -0.4 is 9.47 Å². The lowest BCUT2D eigenvalue weighted by Gasteiger charge is -2.27. The Bertz CT molecular complexity index is 780. The summed E-state index contributed by atoms with van der Waals surface area (Å²) in [5.74, 6) is 1.30. The molecule has 0 bridgehead atoms. The fraction of sp³-hybridized carbons (Fsp3) is 0.333. The molecule has 0 spiro atoms. The normalized spacial score (nSPS) is 17.2. The van der Waals surface area contributed by atoms with Gasteiger partial charge in [-0.3, -0.25) is 0 Å². The minimum atomic E-state index is -3.36. The summed E-state index contributed by atoms with van der Waals surface area (Å²) in [7, 11) is -1.78. The Hall–Kier alpha value is -2.01. The minimum Gasteiger partial charge on any atom is -0.493 e. The number of hydrogen-bond donors (Lipinski definition) is 0. The Kier molecular flexibility index (Phi) is 4.31. The number of aryl methyl sites for hydroxylation is 2. The van der Waals surface area contributed by atoms with Crippen molar-refractivity contribution in [3.05, 3.63) is 53.6 Å². The number of rotatable bonds is 4. The van der Waals surface area contributed by atoms with E-state index in [9.17, 15) is 8.42 Å². The SMILES string of the molecule is COc1cccc2c1OC(CS(=O)(=O)c1ccc(C)cc1)CC2. The quantitative estimate of drug-likeness (QED) is 0.863. The maximum absolute atomic E-state index is 12.6. The van der Waals surface area contributed by atoms with Crippen molar-refractivity contribution in [2.75, 3.05) is 12.9 Å². The summed E-state index contributed by atoms with van der Waals surface area (Å²) in [5, 5.41) is 0. The second-order valence-corrected chi connectivity index (χ2v) is 7.86. The van der Waals surface area contributed by atoms with Gasteiger partial charge in [-0.2, -0.15) is 0 Å². The highest BCUT2D eigenvalue weighted by atomic mass is 32.2. The number of para-hydroxylation sites is 1. The van der Waals surface area contributed by atoms with Gasteiger partial charge in [0.05, 0.1) is 17.8 Å². The van der Waals surface area contributed by atoms with Gasteiger partial charge in [0.1, 0.15) is 6.10 Å². The lowest BCUT2D eigenvalue weighted by Crippen LogP contribution is -2.30. The molecule has 1 unspecified atom stereocenters. The Labute approximate surface area is 137 Å². The second-order valence-electron chi connectivity index (χ2n) is 5.82. The standard InChI is InChI=1S/C18H20O4S/c1-13-6-10-16(11-7-13)23(19,20)12-15-9-8-14-4-3-5-17(21-2)18(14)22-15/h3-7,10-11,15H,8-9,12H2,1-2H3. The fourth-order valence-electron chi connectivity index (χ4n) is 2.80. The van der Waals surface area contributed by atoms with E-state index in [1.807, 2.05) is 37.3 Å². The number of benzene rings is 2. The van der Waals surface area contributed by atoms with Crippen molar-refractivity contribution in [1.29, 1.82) is 0 Å². The van der Waals surface area contributed by atoms with E-state index in [4.69, 9.17) is 9.47 Å². The molecule has 0 radical (unpaired) electrons. The molecule has 0 saturated carbocycles. The van der Waals surface area contributed by atoms with Crippen molar-refractivity contribution < 1.29 is 17.9 Å². The Morgan fingerprint density at radius 1 is 1.17 bits per heavy atom. The van der Waals surface area contributed by atoms with E-state index in [0.717, 1.165) is 17.5 Å². The zero-order chi connectivity index (χ0) is 16.4.